The van der Waals surface area contributed by atoms with Crippen LogP contribution in [0.5, 0.6) is 0 Å². The summed E-state index contributed by atoms with van der Waals surface area (Å²) in [5.41, 5.74) is 5.12. The van der Waals surface area contributed by atoms with Gasteiger partial charge in [-0.25, -0.2) is 13.1 Å². The second kappa shape index (κ2) is 3.85. The van der Waals surface area contributed by atoms with E-state index >= 15 is 0 Å². The van der Waals surface area contributed by atoms with Crippen molar-refractivity contribution in [2.75, 3.05) is 12.8 Å². The van der Waals surface area contributed by atoms with Gasteiger partial charge >= 0.3 is 0 Å². The second-order valence-electron chi connectivity index (χ2n) is 1.88. The molecule has 0 aliphatic carbocycles. The summed E-state index contributed by atoms with van der Waals surface area (Å²) in [6.07, 6.45) is 1.50. The number of sulfonamides is 1. The molecule has 0 heterocycles. The average Bonchev–Trinajstić information content (AvgIpc) is 1.59. The summed E-state index contributed by atoms with van der Waals surface area (Å²) < 4.78 is 23.1. The van der Waals surface area contributed by atoms with Crippen LogP contribution in [0, 0.1) is 0 Å². The molecule has 0 saturated heterocycles. The van der Waals surface area contributed by atoms with E-state index in [1.807, 2.05) is 0 Å². The van der Waals surface area contributed by atoms with Crippen LogP contribution in [0.25, 0.3) is 0 Å². The van der Waals surface area contributed by atoms with Crippen molar-refractivity contribution in [1.82, 2.24) is 4.72 Å². The molecule has 0 saturated carbocycles. The zero-order valence-corrected chi connectivity index (χ0v) is 7.26. The Hall–Kier alpha value is -0.200. The molecule has 10 heavy (non-hydrogen) atoms. The molecule has 0 aromatic rings. The molecule has 4 nitrogen and oxygen atoms in total. The van der Waals surface area contributed by atoms with Crippen LogP contribution in [0.4, 0.5) is 0 Å². The van der Waals surface area contributed by atoms with Crippen LogP contribution in [-0.4, -0.2) is 26.2 Å². The molecule has 3 N–H and O–H groups in total. The molecule has 0 atom stereocenters. The predicted molar refractivity (Wildman–Crippen MR) is 44.2 cm³/mol. The maximum absolute atomic E-state index is 10.4. The van der Waals surface area contributed by atoms with Gasteiger partial charge in [-0.2, -0.15) is 0 Å². The first-order valence-electron chi connectivity index (χ1n) is 2.65. The lowest BCUT2D eigenvalue weighted by atomic mass is 10.4. The van der Waals surface area contributed by atoms with E-state index in [0.29, 0.717) is 11.4 Å². The van der Waals surface area contributed by atoms with Crippen molar-refractivity contribution in [2.45, 2.75) is 6.42 Å². The molecule has 6 heteroatoms. The van der Waals surface area contributed by atoms with Crippen LogP contribution < -0.4 is 10.5 Å². The zero-order chi connectivity index (χ0) is 8.20. The van der Waals surface area contributed by atoms with Gasteiger partial charge in [0.15, 0.2) is 0 Å². The predicted octanol–water partition coefficient (Wildman–Crippen LogP) is -0.788. The highest BCUT2D eigenvalue weighted by Gasteiger charge is 1.98. The topological polar surface area (TPSA) is 72.2 Å². The Morgan fingerprint density at radius 2 is 2.20 bits per heavy atom. The minimum absolute atomic E-state index is 0.286. The molecule has 0 rings (SSSR count). The van der Waals surface area contributed by atoms with Gasteiger partial charge in [-0.05, 0) is 0 Å². The third-order valence-electron chi connectivity index (χ3n) is 0.736. The highest BCUT2D eigenvalue weighted by atomic mass is 32.2. The largest absolute Gasteiger partial charge is 0.393 e. The normalized spacial score (nSPS) is 11.3. The number of nitrogens with two attached hydrogens (primary N) is 1. The first-order chi connectivity index (χ1) is 4.42. The van der Waals surface area contributed by atoms with E-state index in [0.717, 1.165) is 6.26 Å². The highest BCUT2D eigenvalue weighted by molar-refractivity contribution is 7.88. The number of rotatable bonds is 4. The van der Waals surface area contributed by atoms with E-state index in [-0.39, 0.29) is 6.54 Å². The van der Waals surface area contributed by atoms with E-state index in [9.17, 15) is 8.42 Å². The Morgan fingerprint density at radius 3 is 2.50 bits per heavy atom. The Labute approximate surface area is 65.8 Å². The summed E-state index contributed by atoms with van der Waals surface area (Å²) in [5.74, 6) is 0. The lowest BCUT2D eigenvalue weighted by Crippen LogP contribution is -2.26. The number of nitrogens with one attached hydrogen (secondary N) is 1. The summed E-state index contributed by atoms with van der Waals surface area (Å²) in [4.78, 5) is 0.316. The standard InChI is InChI=1S/C4H10N2O2S2/c1-10(7,8)6-3-2-4(5)9/h6H,2-3H2,1H3,(H2,5,9). The van der Waals surface area contributed by atoms with Gasteiger partial charge in [0.1, 0.15) is 0 Å². The van der Waals surface area contributed by atoms with Crippen LogP contribution in [0.15, 0.2) is 0 Å². The van der Waals surface area contributed by atoms with Crippen LogP contribution in [-0.2, 0) is 10.0 Å². The van der Waals surface area contributed by atoms with E-state index in [1.54, 1.807) is 0 Å². The van der Waals surface area contributed by atoms with Crippen LogP contribution in [0.2, 0.25) is 0 Å². The monoisotopic (exact) mass is 182 g/mol. The van der Waals surface area contributed by atoms with Crippen molar-refractivity contribution in [3.8, 4) is 0 Å². The van der Waals surface area contributed by atoms with Crippen molar-refractivity contribution in [1.29, 1.82) is 0 Å². The van der Waals surface area contributed by atoms with Gasteiger partial charge in [-0.1, -0.05) is 12.2 Å². The van der Waals surface area contributed by atoms with Gasteiger partial charge in [0.2, 0.25) is 10.0 Å². The molecule has 0 aliphatic rings. The van der Waals surface area contributed by atoms with Gasteiger partial charge in [-0.3, -0.25) is 0 Å². The maximum atomic E-state index is 10.4. The van der Waals surface area contributed by atoms with Crippen LogP contribution in [0.3, 0.4) is 0 Å². The molecule has 0 aromatic carbocycles. The third kappa shape index (κ3) is 7.80. The van der Waals surface area contributed by atoms with E-state index in [2.05, 4.69) is 16.9 Å². The Morgan fingerprint density at radius 1 is 1.70 bits per heavy atom. The van der Waals surface area contributed by atoms with E-state index < -0.39 is 10.0 Å². The number of hydrogen-bond acceptors (Lipinski definition) is 3. The Kier molecular flexibility index (Phi) is 3.77. The quantitative estimate of drug-likeness (QED) is 0.559. The van der Waals surface area contributed by atoms with E-state index in [4.69, 9.17) is 5.73 Å². The molecule has 0 radical (unpaired) electrons. The summed E-state index contributed by atoms with van der Waals surface area (Å²) >= 11 is 4.53. The SMILES string of the molecule is CS(=O)(=O)NCCC(N)=S. The Balaban J connectivity index is 3.49. The molecule has 0 fully saturated rings. The lowest BCUT2D eigenvalue weighted by molar-refractivity contribution is 0.589. The van der Waals surface area contributed by atoms with Crippen LogP contribution >= 0.6 is 12.2 Å². The maximum Gasteiger partial charge on any atom is 0.208 e. The summed E-state index contributed by atoms with van der Waals surface area (Å²) in [5, 5.41) is 0. The molecule has 0 aliphatic heterocycles. The van der Waals surface area contributed by atoms with Crippen molar-refractivity contribution in [3.63, 3.8) is 0 Å². The highest BCUT2D eigenvalue weighted by Crippen LogP contribution is 1.79. The molecule has 0 unspecified atom stereocenters. The summed E-state index contributed by atoms with van der Waals surface area (Å²) in [7, 11) is -3.08. The minimum Gasteiger partial charge on any atom is -0.393 e. The second-order valence-corrected chi connectivity index (χ2v) is 4.24. The van der Waals surface area contributed by atoms with E-state index in [1.165, 1.54) is 0 Å². The molecular weight excluding hydrogens is 172 g/mol. The van der Waals surface area contributed by atoms with Crippen molar-refractivity contribution < 1.29 is 8.42 Å². The lowest BCUT2D eigenvalue weighted by Gasteiger charge is -1.98. The van der Waals surface area contributed by atoms with Crippen molar-refractivity contribution in [2.24, 2.45) is 5.73 Å². The molecular formula is C4H10N2O2S2. The molecule has 0 bridgehead atoms. The summed E-state index contributed by atoms with van der Waals surface area (Å²) in [6, 6.07) is 0. The smallest absolute Gasteiger partial charge is 0.208 e. The third-order valence-corrected chi connectivity index (χ3v) is 1.67. The fraction of sp³-hybridized carbons (Fsp3) is 0.750. The van der Waals surface area contributed by atoms with Crippen LogP contribution in [0.1, 0.15) is 6.42 Å². The molecule has 0 aromatic heterocycles. The Bertz CT molecular complexity index is 209. The molecule has 0 spiro atoms. The number of thiocarbonyl (C=S) groups is 1. The van der Waals surface area contributed by atoms with Crippen molar-refractivity contribution in [3.05, 3.63) is 0 Å². The van der Waals surface area contributed by atoms with Gasteiger partial charge in [0.05, 0.1) is 11.2 Å². The average molecular weight is 182 g/mol. The minimum atomic E-state index is -3.08. The van der Waals surface area contributed by atoms with Gasteiger partial charge < -0.3 is 5.73 Å². The zero-order valence-electron chi connectivity index (χ0n) is 5.62. The first-order valence-corrected chi connectivity index (χ1v) is 4.95. The fourth-order valence-corrected chi connectivity index (χ4v) is 0.935. The van der Waals surface area contributed by atoms with Gasteiger partial charge in [0.25, 0.3) is 0 Å². The first kappa shape index (κ1) is 9.80. The van der Waals surface area contributed by atoms with Gasteiger partial charge in [-0.15, -0.1) is 0 Å². The van der Waals surface area contributed by atoms with Crippen molar-refractivity contribution >= 4 is 27.2 Å². The summed E-state index contributed by atoms with van der Waals surface area (Å²) in [6.45, 7) is 0.286. The molecule has 60 valence electrons. The fourth-order valence-electron chi connectivity index (χ4n) is 0.360. The molecule has 0 amide bonds. The number of hydrogen-bond donors (Lipinski definition) is 2. The van der Waals surface area contributed by atoms with Gasteiger partial charge in [0, 0.05) is 13.0 Å².